The van der Waals surface area contributed by atoms with Gasteiger partial charge in [0, 0.05) is 0 Å². The highest BCUT2D eigenvalue weighted by molar-refractivity contribution is 6.30. The van der Waals surface area contributed by atoms with E-state index in [0.717, 1.165) is 5.56 Å². The van der Waals surface area contributed by atoms with E-state index >= 15 is 0 Å². The molecule has 2 rings (SSSR count). The Bertz CT molecular complexity index is 361. The Balaban J connectivity index is 2.66. The van der Waals surface area contributed by atoms with E-state index in [1.165, 1.54) is 0 Å². The second-order valence-corrected chi connectivity index (χ2v) is 2.86. The first-order valence-corrected chi connectivity index (χ1v) is 3.80. The molecule has 0 fully saturated rings. The average molecular weight is 184 g/mol. The lowest BCUT2D eigenvalue weighted by Gasteiger charge is -2.02. The molecule has 0 saturated heterocycles. The molecule has 2 N–H and O–H groups in total. The maximum absolute atomic E-state index is 5.82. The summed E-state index contributed by atoms with van der Waals surface area (Å²) in [5.41, 5.74) is 6.12. The summed E-state index contributed by atoms with van der Waals surface area (Å²) in [7, 11) is 0. The summed E-state index contributed by atoms with van der Waals surface area (Å²) in [6, 6.07) is -0.0619. The molecule has 0 radical (unpaired) electrons. The first-order chi connectivity index (χ1) is 5.68. The second kappa shape index (κ2) is 2.38. The molecule has 1 aliphatic rings. The number of aromatic nitrogens is 2. The molecule has 12 heavy (non-hydrogen) atoms. The molecule has 0 spiro atoms. The van der Waals surface area contributed by atoms with Crippen LogP contribution in [0.5, 0.6) is 0 Å². The van der Waals surface area contributed by atoms with Crippen LogP contribution in [0.3, 0.4) is 0 Å². The van der Waals surface area contributed by atoms with Crippen LogP contribution in [0.15, 0.2) is 10.2 Å². The van der Waals surface area contributed by atoms with Crippen molar-refractivity contribution >= 4 is 23.4 Å². The van der Waals surface area contributed by atoms with Gasteiger partial charge in [-0.15, -0.1) is 5.11 Å². The molecule has 62 valence electrons. The van der Waals surface area contributed by atoms with Crippen molar-refractivity contribution in [2.75, 3.05) is 5.73 Å². The number of rotatable bonds is 0. The van der Waals surface area contributed by atoms with E-state index < -0.39 is 0 Å². The molecule has 0 saturated carbocycles. The molecule has 6 heteroatoms. The van der Waals surface area contributed by atoms with Gasteiger partial charge in [-0.3, -0.25) is 0 Å². The van der Waals surface area contributed by atoms with Crippen molar-refractivity contribution in [1.29, 1.82) is 0 Å². The topological polar surface area (TPSA) is 76.5 Å². The van der Waals surface area contributed by atoms with Crippen molar-refractivity contribution in [2.24, 2.45) is 10.2 Å². The first-order valence-electron chi connectivity index (χ1n) is 3.42. The summed E-state index contributed by atoms with van der Waals surface area (Å²) < 4.78 is 0. The quantitative estimate of drug-likeness (QED) is 0.624. The first kappa shape index (κ1) is 7.42. The molecule has 0 aromatic carbocycles. The largest absolute Gasteiger partial charge is 0.368 e. The number of azo groups is 1. The van der Waals surface area contributed by atoms with Gasteiger partial charge in [-0.25, -0.2) is 4.98 Å². The van der Waals surface area contributed by atoms with E-state index in [0.29, 0.717) is 11.0 Å². The Labute approximate surface area is 73.7 Å². The van der Waals surface area contributed by atoms with Gasteiger partial charge in [-0.05, 0) is 6.92 Å². The summed E-state index contributed by atoms with van der Waals surface area (Å²) in [5.74, 6) is 0.617. The molecule has 0 aliphatic carbocycles. The number of anilines is 1. The normalized spacial score (nSPS) is 19.7. The number of hydrogen-bond acceptors (Lipinski definition) is 5. The predicted molar refractivity (Wildman–Crippen MR) is 44.4 cm³/mol. The van der Waals surface area contributed by atoms with Gasteiger partial charge in [0.1, 0.15) is 11.2 Å². The fraction of sp³-hybridized carbons (Fsp3) is 0.333. The minimum Gasteiger partial charge on any atom is -0.368 e. The summed E-state index contributed by atoms with van der Waals surface area (Å²) in [4.78, 5) is 7.69. The van der Waals surface area contributed by atoms with Crippen LogP contribution in [0, 0.1) is 0 Å². The zero-order valence-corrected chi connectivity index (χ0v) is 7.08. The summed E-state index contributed by atoms with van der Waals surface area (Å²) >= 11 is 5.82. The van der Waals surface area contributed by atoms with Crippen LogP contribution < -0.4 is 5.73 Å². The third-order valence-electron chi connectivity index (χ3n) is 1.64. The molecule has 0 bridgehead atoms. The number of nitrogen functional groups attached to an aromatic ring is 1. The van der Waals surface area contributed by atoms with Crippen molar-refractivity contribution in [3.8, 4) is 0 Å². The van der Waals surface area contributed by atoms with Crippen molar-refractivity contribution in [3.05, 3.63) is 10.7 Å². The van der Waals surface area contributed by atoms with Crippen LogP contribution in [0.2, 0.25) is 5.15 Å². The monoisotopic (exact) mass is 183 g/mol. The van der Waals surface area contributed by atoms with Gasteiger partial charge >= 0.3 is 0 Å². The highest BCUT2D eigenvalue weighted by Gasteiger charge is 2.22. The van der Waals surface area contributed by atoms with E-state index in [4.69, 9.17) is 17.3 Å². The minimum absolute atomic E-state index is 0.0619. The summed E-state index contributed by atoms with van der Waals surface area (Å²) in [6.45, 7) is 1.88. The van der Waals surface area contributed by atoms with Crippen molar-refractivity contribution < 1.29 is 0 Å². The van der Waals surface area contributed by atoms with Crippen LogP contribution in [0.25, 0.3) is 0 Å². The molecule has 2 heterocycles. The summed E-state index contributed by atoms with van der Waals surface area (Å²) in [6.07, 6.45) is 0. The van der Waals surface area contributed by atoms with Crippen LogP contribution >= 0.6 is 11.6 Å². The number of nitrogens with two attached hydrogens (primary N) is 1. The minimum atomic E-state index is -0.0619. The van der Waals surface area contributed by atoms with E-state index in [-0.39, 0.29) is 12.0 Å². The van der Waals surface area contributed by atoms with Crippen LogP contribution in [0.1, 0.15) is 18.5 Å². The second-order valence-electron chi connectivity index (χ2n) is 2.50. The van der Waals surface area contributed by atoms with Crippen LogP contribution in [-0.4, -0.2) is 9.97 Å². The molecule has 1 aromatic rings. The molecular weight excluding hydrogens is 178 g/mol. The number of halogens is 1. The Hall–Kier alpha value is -1.23. The molecule has 0 unspecified atom stereocenters. The van der Waals surface area contributed by atoms with Crippen LogP contribution in [0.4, 0.5) is 11.8 Å². The van der Waals surface area contributed by atoms with E-state index in [1.807, 2.05) is 6.92 Å². The Kier molecular flexibility index (Phi) is 1.47. The molecule has 1 aromatic heterocycles. The van der Waals surface area contributed by atoms with Gasteiger partial charge in [-0.1, -0.05) is 11.6 Å². The van der Waals surface area contributed by atoms with E-state index in [1.54, 1.807) is 0 Å². The van der Waals surface area contributed by atoms with Crippen molar-refractivity contribution in [1.82, 2.24) is 9.97 Å². The number of fused-ring (bicyclic) bond motifs is 1. The fourth-order valence-electron chi connectivity index (χ4n) is 1.08. The smallest absolute Gasteiger partial charge is 0.223 e. The van der Waals surface area contributed by atoms with Gasteiger partial charge in [0.15, 0.2) is 5.82 Å². The molecular formula is C6H6ClN5. The Morgan fingerprint density at radius 2 is 2.17 bits per heavy atom. The summed E-state index contributed by atoms with van der Waals surface area (Å²) in [5, 5.41) is 8.04. The molecule has 1 atom stereocenters. The molecule has 1 aliphatic heterocycles. The average Bonchev–Trinajstić information content (AvgIpc) is 2.31. The highest BCUT2D eigenvalue weighted by atomic mass is 35.5. The lowest BCUT2D eigenvalue weighted by atomic mass is 10.2. The van der Waals surface area contributed by atoms with Gasteiger partial charge in [0.05, 0.1) is 5.56 Å². The fourth-order valence-corrected chi connectivity index (χ4v) is 1.41. The highest BCUT2D eigenvalue weighted by Crippen LogP contribution is 2.37. The van der Waals surface area contributed by atoms with Gasteiger partial charge < -0.3 is 5.73 Å². The lowest BCUT2D eigenvalue weighted by Crippen LogP contribution is -1.98. The molecule has 5 nitrogen and oxygen atoms in total. The van der Waals surface area contributed by atoms with E-state index in [2.05, 4.69) is 20.2 Å². The third-order valence-corrected chi connectivity index (χ3v) is 1.93. The zero-order chi connectivity index (χ0) is 8.72. The van der Waals surface area contributed by atoms with Gasteiger partial charge in [-0.2, -0.15) is 10.1 Å². The Morgan fingerprint density at radius 1 is 1.42 bits per heavy atom. The van der Waals surface area contributed by atoms with E-state index in [9.17, 15) is 0 Å². The van der Waals surface area contributed by atoms with Crippen LogP contribution in [-0.2, 0) is 0 Å². The maximum Gasteiger partial charge on any atom is 0.223 e. The lowest BCUT2D eigenvalue weighted by molar-refractivity contribution is 0.808. The van der Waals surface area contributed by atoms with Gasteiger partial charge in [0.25, 0.3) is 0 Å². The van der Waals surface area contributed by atoms with Gasteiger partial charge in [0.2, 0.25) is 5.95 Å². The van der Waals surface area contributed by atoms with Crippen molar-refractivity contribution in [3.63, 3.8) is 0 Å². The zero-order valence-electron chi connectivity index (χ0n) is 6.32. The SMILES string of the molecule is C[C@H]1N=Nc2nc(N)nc(Cl)c21. The number of nitrogens with zero attached hydrogens (tertiary/aromatic N) is 4. The third kappa shape index (κ3) is 0.937. The Morgan fingerprint density at radius 3 is 2.92 bits per heavy atom. The standard InChI is InChI=1S/C6H6ClN5/c1-2-3-4(7)9-6(8)10-5(3)12-11-2/h2H,1H3,(H2,8,9,10)/t2-/m1/s1. The maximum atomic E-state index is 5.82. The van der Waals surface area contributed by atoms with Crippen molar-refractivity contribution in [2.45, 2.75) is 13.0 Å². The molecule has 0 amide bonds. The number of hydrogen-bond donors (Lipinski definition) is 1. The predicted octanol–water partition coefficient (Wildman–Crippen LogP) is 1.87.